The lowest BCUT2D eigenvalue weighted by atomic mass is 9.63. The third kappa shape index (κ3) is 5.04. The molecule has 1 aliphatic heterocycles. The van der Waals surface area contributed by atoms with E-state index in [9.17, 15) is 9.59 Å². The van der Waals surface area contributed by atoms with Crippen molar-refractivity contribution in [2.45, 2.75) is 79.3 Å². The molecule has 0 fully saturated rings. The minimum Gasteiger partial charge on any atom is -0.343 e. The number of nitrogens with zero attached hydrogens (tertiary/aromatic N) is 2. The van der Waals surface area contributed by atoms with E-state index in [2.05, 4.69) is 123 Å². The number of fused-ring (bicyclic) bond motifs is 1. The van der Waals surface area contributed by atoms with Crippen molar-refractivity contribution >= 4 is 22.5 Å². The van der Waals surface area contributed by atoms with Crippen molar-refractivity contribution in [3.05, 3.63) is 130 Å². The molecule has 224 valence electrons. The molecule has 0 spiro atoms. The van der Waals surface area contributed by atoms with Gasteiger partial charge in [-0.3, -0.25) is 9.59 Å². The third-order valence-electron chi connectivity index (χ3n) is 9.77. The molecule has 2 aliphatic carbocycles. The molecule has 1 aromatic heterocycles. The average molecular weight is 583 g/mol. The van der Waals surface area contributed by atoms with Crippen molar-refractivity contribution in [2.75, 3.05) is 0 Å². The smallest absolute Gasteiger partial charge is 0.162 e. The van der Waals surface area contributed by atoms with E-state index in [0.717, 1.165) is 58.4 Å². The van der Waals surface area contributed by atoms with Gasteiger partial charge in [0, 0.05) is 71.5 Å². The summed E-state index contributed by atoms with van der Waals surface area (Å²) in [6.07, 6.45) is 4.84. The van der Waals surface area contributed by atoms with Crippen LogP contribution in [0.3, 0.4) is 0 Å². The Bertz CT molecular complexity index is 1810. The Kier molecular flexibility index (Phi) is 6.80. The highest BCUT2D eigenvalue weighted by atomic mass is 16.1. The van der Waals surface area contributed by atoms with Crippen LogP contribution in [-0.2, 0) is 22.7 Å². The van der Waals surface area contributed by atoms with Crippen molar-refractivity contribution in [1.29, 1.82) is 0 Å². The van der Waals surface area contributed by atoms with Crippen LogP contribution in [0.15, 0.2) is 108 Å². The number of aryl methyl sites for hydroxylation is 1. The zero-order valence-corrected chi connectivity index (χ0v) is 26.6. The van der Waals surface area contributed by atoms with E-state index in [-0.39, 0.29) is 28.3 Å². The van der Waals surface area contributed by atoms with Gasteiger partial charge < -0.3 is 9.47 Å². The molecule has 4 heteroatoms. The zero-order valence-electron chi connectivity index (χ0n) is 26.6. The minimum absolute atomic E-state index is 0.152. The molecule has 4 nitrogen and oxygen atoms in total. The summed E-state index contributed by atoms with van der Waals surface area (Å²) >= 11 is 0. The van der Waals surface area contributed by atoms with Crippen LogP contribution < -0.4 is 0 Å². The Labute approximate surface area is 261 Å². The number of carbonyl (C=O) groups is 2. The quantitative estimate of drug-likeness (QED) is 0.236. The lowest BCUT2D eigenvalue weighted by Crippen LogP contribution is -2.44. The summed E-state index contributed by atoms with van der Waals surface area (Å²) in [6.45, 7) is 12.3. The summed E-state index contributed by atoms with van der Waals surface area (Å²) in [5, 5.41) is 1.12. The lowest BCUT2D eigenvalue weighted by molar-refractivity contribution is -0.119. The van der Waals surface area contributed by atoms with Crippen molar-refractivity contribution < 1.29 is 9.59 Å². The van der Waals surface area contributed by atoms with Crippen LogP contribution in [0.25, 0.3) is 10.9 Å². The molecule has 4 aromatic rings. The number of hydrogen-bond acceptors (Lipinski definition) is 3. The summed E-state index contributed by atoms with van der Waals surface area (Å²) in [4.78, 5) is 31.1. The molecule has 0 bridgehead atoms. The predicted molar refractivity (Wildman–Crippen MR) is 177 cm³/mol. The van der Waals surface area contributed by atoms with Gasteiger partial charge in [0.25, 0.3) is 0 Å². The standard InChI is InChI=1S/C40H42N2O2/c1-26-12-11-15-28(18-26)23-41-25-30(29-16-9-10-17-31(29)41)36-37-32(19-39(2,3)21-34(37)43)42(24-27-13-7-6-8-14-27)33-20-40(4,5)22-35(44)38(33)36/h6-18,25,36H,19-24H2,1-5H3. The fourth-order valence-corrected chi connectivity index (χ4v) is 7.96. The minimum atomic E-state index is -0.358. The lowest BCUT2D eigenvalue weighted by Gasteiger charge is -2.49. The first kappa shape index (κ1) is 28.6. The summed E-state index contributed by atoms with van der Waals surface area (Å²) < 4.78 is 2.31. The molecule has 0 amide bonds. The predicted octanol–water partition coefficient (Wildman–Crippen LogP) is 8.88. The summed E-state index contributed by atoms with van der Waals surface area (Å²) in [7, 11) is 0. The highest BCUT2D eigenvalue weighted by molar-refractivity contribution is 6.08. The normalized spacial score (nSPS) is 19.9. The van der Waals surface area contributed by atoms with E-state index in [0.29, 0.717) is 19.4 Å². The van der Waals surface area contributed by atoms with E-state index < -0.39 is 0 Å². The van der Waals surface area contributed by atoms with Crippen LogP contribution in [0.4, 0.5) is 0 Å². The van der Waals surface area contributed by atoms with E-state index in [1.54, 1.807) is 0 Å². The van der Waals surface area contributed by atoms with Crippen molar-refractivity contribution in [1.82, 2.24) is 9.47 Å². The van der Waals surface area contributed by atoms with E-state index in [1.807, 2.05) is 6.07 Å². The average Bonchev–Trinajstić information content (AvgIpc) is 3.31. The number of ketones is 2. The third-order valence-corrected chi connectivity index (χ3v) is 9.77. The van der Waals surface area contributed by atoms with Crippen molar-refractivity contribution in [3.8, 4) is 0 Å². The van der Waals surface area contributed by atoms with Crippen LogP contribution in [-0.4, -0.2) is 21.0 Å². The number of carbonyl (C=O) groups excluding carboxylic acids is 2. The number of aromatic nitrogens is 1. The van der Waals surface area contributed by atoms with Gasteiger partial charge in [-0.25, -0.2) is 0 Å². The molecule has 7 rings (SSSR count). The van der Waals surface area contributed by atoms with Crippen molar-refractivity contribution in [2.24, 2.45) is 10.8 Å². The highest BCUT2D eigenvalue weighted by Gasteiger charge is 2.49. The SMILES string of the molecule is Cc1cccc(Cn2cc(C3C4=C(CC(C)(C)CC4=O)N(Cc4ccccc4)C4=C3C(=O)CC(C)(C)C4)c3ccccc32)c1. The van der Waals surface area contributed by atoms with Gasteiger partial charge in [0.15, 0.2) is 11.6 Å². The van der Waals surface area contributed by atoms with Gasteiger partial charge in [0.1, 0.15) is 0 Å². The second-order valence-electron chi connectivity index (χ2n) is 14.8. The second-order valence-corrected chi connectivity index (χ2v) is 14.8. The van der Waals surface area contributed by atoms with Crippen LogP contribution in [0.1, 0.15) is 81.5 Å². The van der Waals surface area contributed by atoms with Gasteiger partial charge in [-0.2, -0.15) is 0 Å². The van der Waals surface area contributed by atoms with E-state index in [1.165, 1.54) is 16.7 Å². The number of allylic oxidation sites excluding steroid dienone is 4. The Hall–Kier alpha value is -4.18. The van der Waals surface area contributed by atoms with Gasteiger partial charge in [0.2, 0.25) is 0 Å². The summed E-state index contributed by atoms with van der Waals surface area (Å²) in [5.74, 6) is 0.000837. The molecule has 0 unspecified atom stereocenters. The Balaban J connectivity index is 1.47. The maximum atomic E-state index is 14.4. The number of Topliss-reactive ketones (excluding diaryl/α,β-unsaturated/α-hetero) is 2. The zero-order chi connectivity index (χ0) is 30.8. The van der Waals surface area contributed by atoms with E-state index in [4.69, 9.17) is 0 Å². The molecule has 44 heavy (non-hydrogen) atoms. The van der Waals surface area contributed by atoms with Gasteiger partial charge in [-0.1, -0.05) is 106 Å². The monoisotopic (exact) mass is 582 g/mol. The van der Waals surface area contributed by atoms with Crippen LogP contribution in [0.5, 0.6) is 0 Å². The van der Waals surface area contributed by atoms with Gasteiger partial charge >= 0.3 is 0 Å². The first-order chi connectivity index (χ1) is 21.0. The van der Waals surface area contributed by atoms with Crippen LogP contribution in [0.2, 0.25) is 0 Å². The molecule has 3 aliphatic rings. The topological polar surface area (TPSA) is 42.3 Å². The summed E-state index contributed by atoms with van der Waals surface area (Å²) in [6, 6.07) is 27.6. The Morgan fingerprint density at radius 2 is 1.27 bits per heavy atom. The molecular weight excluding hydrogens is 540 g/mol. The van der Waals surface area contributed by atoms with Gasteiger partial charge in [-0.05, 0) is 53.4 Å². The second kappa shape index (κ2) is 10.5. The Morgan fingerprint density at radius 3 is 1.91 bits per heavy atom. The molecule has 0 saturated carbocycles. The van der Waals surface area contributed by atoms with Crippen molar-refractivity contribution in [3.63, 3.8) is 0 Å². The molecule has 3 aromatic carbocycles. The largest absolute Gasteiger partial charge is 0.343 e. The molecule has 0 N–H and O–H groups in total. The molecule has 0 atom stereocenters. The first-order valence-electron chi connectivity index (χ1n) is 16.0. The Morgan fingerprint density at radius 1 is 0.682 bits per heavy atom. The number of para-hydroxylation sites is 1. The molecule has 0 saturated heterocycles. The van der Waals surface area contributed by atoms with Gasteiger partial charge in [-0.15, -0.1) is 0 Å². The number of hydrogen-bond donors (Lipinski definition) is 0. The fraction of sp³-hybridized carbons (Fsp3) is 0.350. The fourth-order valence-electron chi connectivity index (χ4n) is 7.96. The van der Waals surface area contributed by atoms with Gasteiger partial charge in [0.05, 0.1) is 0 Å². The van der Waals surface area contributed by atoms with Crippen LogP contribution in [0, 0.1) is 17.8 Å². The summed E-state index contributed by atoms with van der Waals surface area (Å²) in [5.41, 5.74) is 9.46. The molecular formula is C40H42N2O2. The highest BCUT2D eigenvalue weighted by Crippen LogP contribution is 2.55. The van der Waals surface area contributed by atoms with Crippen LogP contribution >= 0.6 is 0 Å². The maximum absolute atomic E-state index is 14.4. The van der Waals surface area contributed by atoms with E-state index >= 15 is 0 Å². The molecule has 2 heterocycles. The first-order valence-corrected chi connectivity index (χ1v) is 16.0. The molecule has 0 radical (unpaired) electrons. The number of benzene rings is 3. The number of rotatable bonds is 5. The maximum Gasteiger partial charge on any atom is 0.162 e.